The van der Waals surface area contributed by atoms with Gasteiger partial charge in [-0.1, -0.05) is 49.9 Å². The summed E-state index contributed by atoms with van der Waals surface area (Å²) in [4.78, 5) is 28.7. The van der Waals surface area contributed by atoms with Crippen molar-refractivity contribution in [1.29, 1.82) is 0 Å². The number of carbonyl (C=O) groups excluding carboxylic acids is 2. The Labute approximate surface area is 192 Å². The maximum absolute atomic E-state index is 13.7. The van der Waals surface area contributed by atoms with E-state index in [9.17, 15) is 9.59 Å². The zero-order valence-electron chi connectivity index (χ0n) is 18.9. The smallest absolute Gasteiger partial charge is 0.247 e. The first-order chi connectivity index (χ1) is 15.4. The molecule has 1 aliphatic heterocycles. The fourth-order valence-electron chi connectivity index (χ4n) is 4.19. The minimum absolute atomic E-state index is 0.104. The average Bonchev–Trinajstić information content (AvgIpc) is 2.96. The number of rotatable bonds is 6. The second kappa shape index (κ2) is 9.28. The van der Waals surface area contributed by atoms with Crippen LogP contribution >= 0.6 is 11.8 Å². The van der Waals surface area contributed by atoms with Crippen molar-refractivity contribution in [2.75, 3.05) is 24.3 Å². The van der Waals surface area contributed by atoms with Crippen LogP contribution in [0, 0.1) is 5.92 Å². The molecule has 0 saturated heterocycles. The highest BCUT2D eigenvalue weighted by atomic mass is 32.2. The van der Waals surface area contributed by atoms with Crippen LogP contribution in [0.1, 0.15) is 31.9 Å². The molecule has 6 nitrogen and oxygen atoms in total. The van der Waals surface area contributed by atoms with Gasteiger partial charge in [0.1, 0.15) is 11.8 Å². The van der Waals surface area contributed by atoms with E-state index in [1.807, 2.05) is 49.5 Å². The van der Waals surface area contributed by atoms with Gasteiger partial charge >= 0.3 is 0 Å². The van der Waals surface area contributed by atoms with E-state index in [0.717, 1.165) is 27.9 Å². The van der Waals surface area contributed by atoms with E-state index in [1.165, 1.54) is 11.8 Å². The van der Waals surface area contributed by atoms with Gasteiger partial charge in [-0.3, -0.25) is 14.5 Å². The van der Waals surface area contributed by atoms with Crippen molar-refractivity contribution in [3.63, 3.8) is 0 Å². The highest BCUT2D eigenvalue weighted by Crippen LogP contribution is 2.43. The van der Waals surface area contributed by atoms with E-state index in [2.05, 4.69) is 29.8 Å². The summed E-state index contributed by atoms with van der Waals surface area (Å²) in [7, 11) is 3.59. The van der Waals surface area contributed by atoms with Crippen molar-refractivity contribution in [3.8, 4) is 5.75 Å². The molecule has 1 atom stereocenters. The highest BCUT2D eigenvalue weighted by molar-refractivity contribution is 8.00. The molecule has 1 aliphatic rings. The third-order valence-electron chi connectivity index (χ3n) is 5.82. The number of anilines is 1. The lowest BCUT2D eigenvalue weighted by Crippen LogP contribution is -2.44. The Bertz CT molecular complexity index is 1150. The molecule has 2 heterocycles. The van der Waals surface area contributed by atoms with Gasteiger partial charge in [-0.25, -0.2) is 0 Å². The van der Waals surface area contributed by atoms with Crippen molar-refractivity contribution in [2.24, 2.45) is 13.0 Å². The standard InChI is InChI=1S/C25H29N3O3S/c1-16(2)12-13-26-24(30)23-22-19-10-5-6-11-20(19)27(3)25(22)32-15-21(29)28(23)17-8-7-9-18(14-17)31-4/h5-11,14,16,23H,12-13,15H2,1-4H3,(H,26,30). The van der Waals surface area contributed by atoms with Gasteiger partial charge in [0, 0.05) is 41.8 Å². The number of para-hydroxylation sites is 1. The lowest BCUT2D eigenvalue weighted by atomic mass is 10.0. The normalized spacial score (nSPS) is 16.2. The number of aryl methyl sites for hydroxylation is 1. The summed E-state index contributed by atoms with van der Waals surface area (Å²) in [6.07, 6.45) is 0.878. The van der Waals surface area contributed by atoms with E-state index in [0.29, 0.717) is 23.9 Å². The van der Waals surface area contributed by atoms with Crippen molar-refractivity contribution in [3.05, 3.63) is 54.1 Å². The number of fused-ring (bicyclic) bond motifs is 3. The van der Waals surface area contributed by atoms with Gasteiger partial charge in [-0.2, -0.15) is 0 Å². The van der Waals surface area contributed by atoms with Crippen molar-refractivity contribution in [1.82, 2.24) is 9.88 Å². The minimum Gasteiger partial charge on any atom is -0.497 e. The molecule has 0 aliphatic carbocycles. The zero-order valence-corrected chi connectivity index (χ0v) is 19.7. The Kier molecular flexibility index (Phi) is 6.46. The summed E-state index contributed by atoms with van der Waals surface area (Å²) in [5.41, 5.74) is 2.58. The largest absolute Gasteiger partial charge is 0.497 e. The quantitative estimate of drug-likeness (QED) is 0.598. The van der Waals surface area contributed by atoms with Gasteiger partial charge in [-0.15, -0.1) is 0 Å². The number of benzene rings is 2. The monoisotopic (exact) mass is 451 g/mol. The van der Waals surface area contributed by atoms with Crippen LogP contribution < -0.4 is 15.0 Å². The third-order valence-corrected chi connectivity index (χ3v) is 6.98. The van der Waals surface area contributed by atoms with Crippen molar-refractivity contribution < 1.29 is 14.3 Å². The predicted molar refractivity (Wildman–Crippen MR) is 129 cm³/mol. The minimum atomic E-state index is -0.766. The Hall–Kier alpha value is -2.93. The Morgan fingerprint density at radius 3 is 2.75 bits per heavy atom. The maximum Gasteiger partial charge on any atom is 0.247 e. The topological polar surface area (TPSA) is 63.6 Å². The molecule has 2 amide bonds. The number of ether oxygens (including phenoxy) is 1. The number of carbonyl (C=O) groups is 2. The SMILES string of the molecule is COc1cccc(N2C(=O)CSc3c(c4ccccc4n3C)C2C(=O)NCCC(C)C)c1. The van der Waals surface area contributed by atoms with Crippen molar-refractivity contribution in [2.45, 2.75) is 31.3 Å². The first-order valence-corrected chi connectivity index (χ1v) is 11.8. The molecule has 1 N–H and O–H groups in total. The van der Waals surface area contributed by atoms with Crippen LogP contribution in [0.4, 0.5) is 5.69 Å². The van der Waals surface area contributed by atoms with Crippen LogP contribution in [-0.4, -0.2) is 35.8 Å². The highest BCUT2D eigenvalue weighted by Gasteiger charge is 2.39. The van der Waals surface area contributed by atoms with Crippen LogP contribution in [0.2, 0.25) is 0 Å². The van der Waals surface area contributed by atoms with Crippen LogP contribution in [0.25, 0.3) is 10.9 Å². The predicted octanol–water partition coefficient (Wildman–Crippen LogP) is 4.53. The number of methoxy groups -OCH3 is 1. The number of aromatic nitrogens is 1. The molecule has 32 heavy (non-hydrogen) atoms. The zero-order chi connectivity index (χ0) is 22.8. The Balaban J connectivity index is 1.88. The molecular formula is C25H29N3O3S. The number of hydrogen-bond acceptors (Lipinski definition) is 4. The number of thioether (sulfide) groups is 1. The number of hydrogen-bond donors (Lipinski definition) is 1. The van der Waals surface area contributed by atoms with Gasteiger partial charge in [-0.05, 0) is 30.5 Å². The number of amides is 2. The summed E-state index contributed by atoms with van der Waals surface area (Å²) in [5, 5.41) is 5.04. The fraction of sp³-hybridized carbons (Fsp3) is 0.360. The van der Waals surface area contributed by atoms with Crippen LogP contribution in [0.3, 0.4) is 0 Å². The van der Waals surface area contributed by atoms with E-state index < -0.39 is 6.04 Å². The lowest BCUT2D eigenvalue weighted by molar-refractivity contribution is -0.125. The fourth-order valence-corrected chi connectivity index (χ4v) is 5.26. The maximum atomic E-state index is 13.7. The molecule has 0 bridgehead atoms. The summed E-state index contributed by atoms with van der Waals surface area (Å²) < 4.78 is 7.48. The summed E-state index contributed by atoms with van der Waals surface area (Å²) in [5.74, 6) is 1.10. The second-order valence-corrected chi connectivity index (χ2v) is 9.39. The van der Waals surface area contributed by atoms with E-state index >= 15 is 0 Å². The summed E-state index contributed by atoms with van der Waals surface area (Å²) in [6.45, 7) is 4.83. The Morgan fingerprint density at radius 2 is 2.00 bits per heavy atom. The molecule has 1 unspecified atom stereocenters. The number of nitrogens with one attached hydrogen (secondary N) is 1. The van der Waals surface area contributed by atoms with Gasteiger partial charge in [0.05, 0.1) is 17.9 Å². The lowest BCUT2D eigenvalue weighted by Gasteiger charge is -2.30. The van der Waals surface area contributed by atoms with Gasteiger partial charge < -0.3 is 14.6 Å². The van der Waals surface area contributed by atoms with E-state index in [1.54, 1.807) is 12.0 Å². The molecule has 168 valence electrons. The molecule has 0 spiro atoms. The third kappa shape index (κ3) is 4.09. The molecule has 0 fully saturated rings. The van der Waals surface area contributed by atoms with Gasteiger partial charge in [0.25, 0.3) is 0 Å². The number of nitrogens with zero attached hydrogens (tertiary/aromatic N) is 2. The second-order valence-electron chi connectivity index (χ2n) is 8.42. The van der Waals surface area contributed by atoms with Gasteiger partial charge in [0.2, 0.25) is 11.8 Å². The molecule has 2 aromatic carbocycles. The first-order valence-electron chi connectivity index (χ1n) is 10.9. The first kappa shape index (κ1) is 22.3. The molecule has 0 saturated carbocycles. The molecule has 3 aromatic rings. The molecule has 7 heteroatoms. The molecule has 4 rings (SSSR count). The van der Waals surface area contributed by atoms with E-state index in [4.69, 9.17) is 4.74 Å². The van der Waals surface area contributed by atoms with Gasteiger partial charge in [0.15, 0.2) is 0 Å². The van der Waals surface area contributed by atoms with Crippen LogP contribution in [-0.2, 0) is 16.6 Å². The molecule has 0 radical (unpaired) electrons. The Morgan fingerprint density at radius 1 is 1.22 bits per heavy atom. The molecule has 1 aromatic heterocycles. The van der Waals surface area contributed by atoms with Crippen molar-refractivity contribution >= 4 is 40.2 Å². The summed E-state index contributed by atoms with van der Waals surface area (Å²) in [6, 6.07) is 14.6. The van der Waals surface area contributed by atoms with E-state index in [-0.39, 0.29) is 17.6 Å². The molecular weight excluding hydrogens is 422 g/mol. The van der Waals surface area contributed by atoms with Crippen LogP contribution in [0.5, 0.6) is 5.75 Å². The summed E-state index contributed by atoms with van der Waals surface area (Å²) >= 11 is 1.49. The van der Waals surface area contributed by atoms with Crippen LogP contribution in [0.15, 0.2) is 53.6 Å². The average molecular weight is 452 g/mol.